The third kappa shape index (κ3) is 6.47. The molecule has 0 aliphatic heterocycles. The Labute approximate surface area is 210 Å². The van der Waals surface area contributed by atoms with Gasteiger partial charge in [-0.05, 0) is 64.8 Å². The van der Waals surface area contributed by atoms with E-state index < -0.39 is 0 Å². The van der Waals surface area contributed by atoms with Gasteiger partial charge in [0.15, 0.2) is 0 Å². The number of benzene rings is 3. The van der Waals surface area contributed by atoms with Crippen molar-refractivity contribution in [2.45, 2.75) is 52.7 Å². The third-order valence-electron chi connectivity index (χ3n) is 6.20. The molecule has 0 saturated heterocycles. The van der Waals surface area contributed by atoms with Crippen molar-refractivity contribution in [3.05, 3.63) is 131 Å². The molecular weight excluding hydrogens is 426 g/mol. The van der Waals surface area contributed by atoms with Crippen LogP contribution in [-0.4, -0.2) is 0 Å². The molecule has 35 heavy (non-hydrogen) atoms. The van der Waals surface area contributed by atoms with Crippen LogP contribution in [-0.2, 0) is 16.8 Å². The summed E-state index contributed by atoms with van der Waals surface area (Å²) in [6.07, 6.45) is 7.51. The predicted octanol–water partition coefficient (Wildman–Crippen LogP) is 8.78. The summed E-state index contributed by atoms with van der Waals surface area (Å²) in [5, 5.41) is 9.79. The van der Waals surface area contributed by atoms with Crippen LogP contribution >= 0.6 is 0 Å². The molecule has 0 aromatic heterocycles. The number of rotatable bonds is 8. The zero-order chi connectivity index (χ0) is 25.4. The molecule has 0 saturated carbocycles. The first-order valence-electron chi connectivity index (χ1n) is 12.0. The molecule has 2 nitrogen and oxygen atoms in total. The molecular formula is C33H35NO. The van der Waals surface area contributed by atoms with Crippen molar-refractivity contribution in [3.63, 3.8) is 0 Å². The first-order chi connectivity index (χ1) is 16.8. The van der Waals surface area contributed by atoms with Gasteiger partial charge in [-0.3, -0.25) is 0 Å². The Kier molecular flexibility index (Phi) is 8.63. The van der Waals surface area contributed by atoms with Crippen LogP contribution in [0.15, 0.2) is 103 Å². The fourth-order valence-corrected chi connectivity index (χ4v) is 4.10. The van der Waals surface area contributed by atoms with Gasteiger partial charge in [0.2, 0.25) is 0 Å². The number of hydrogen-bond donors (Lipinski definition) is 0. The lowest BCUT2D eigenvalue weighted by atomic mass is 9.87. The van der Waals surface area contributed by atoms with Crippen LogP contribution in [0.1, 0.15) is 61.6 Å². The lowest BCUT2D eigenvalue weighted by Gasteiger charge is -2.22. The van der Waals surface area contributed by atoms with Gasteiger partial charge >= 0.3 is 0 Å². The zero-order valence-corrected chi connectivity index (χ0v) is 21.5. The van der Waals surface area contributed by atoms with Crippen LogP contribution in [0.25, 0.3) is 11.1 Å². The highest BCUT2D eigenvalue weighted by Crippen LogP contribution is 2.34. The maximum absolute atomic E-state index is 9.79. The van der Waals surface area contributed by atoms with Gasteiger partial charge in [0.1, 0.15) is 6.10 Å². The fourth-order valence-electron chi connectivity index (χ4n) is 4.10. The van der Waals surface area contributed by atoms with Crippen molar-refractivity contribution >= 4 is 0 Å². The van der Waals surface area contributed by atoms with Gasteiger partial charge in [0.05, 0.1) is 18.2 Å². The molecule has 0 radical (unpaired) electrons. The number of nitrogens with zero attached hydrogens (tertiary/aromatic N) is 1. The molecule has 1 unspecified atom stereocenters. The van der Waals surface area contributed by atoms with Crippen molar-refractivity contribution in [1.29, 1.82) is 5.26 Å². The van der Waals surface area contributed by atoms with E-state index in [0.29, 0.717) is 12.2 Å². The van der Waals surface area contributed by atoms with Gasteiger partial charge in [-0.2, -0.15) is 5.26 Å². The minimum atomic E-state index is -0.283. The summed E-state index contributed by atoms with van der Waals surface area (Å²) >= 11 is 0. The standard InChI is InChI=1S/C33H35NO/c1-7-9-13-26(8-2)32(35-23-25-15-19-29(20-16-25)33(4,5)6)27-17-18-28(22-34)31(21-27)30-14-11-10-12-24(30)3/h7-21,32H,1,23H2,2-6H3/b13-9-,26-8+. The van der Waals surface area contributed by atoms with Crippen LogP contribution in [0.3, 0.4) is 0 Å². The van der Waals surface area contributed by atoms with E-state index in [1.165, 1.54) is 5.56 Å². The normalized spacial score (nSPS) is 13.0. The number of nitriles is 1. The Morgan fingerprint density at radius 1 is 1.03 bits per heavy atom. The van der Waals surface area contributed by atoms with Crippen molar-refractivity contribution < 1.29 is 4.74 Å². The van der Waals surface area contributed by atoms with Crippen LogP contribution in [0.4, 0.5) is 0 Å². The maximum Gasteiger partial charge on any atom is 0.108 e. The number of hydrogen-bond acceptors (Lipinski definition) is 2. The molecule has 0 spiro atoms. The Bertz CT molecular complexity index is 1260. The van der Waals surface area contributed by atoms with Gasteiger partial charge < -0.3 is 4.74 Å². The van der Waals surface area contributed by atoms with Gasteiger partial charge in [0.25, 0.3) is 0 Å². The van der Waals surface area contributed by atoms with Gasteiger partial charge in [-0.1, -0.05) is 106 Å². The summed E-state index contributed by atoms with van der Waals surface area (Å²) in [6.45, 7) is 15.0. The highest BCUT2D eigenvalue weighted by atomic mass is 16.5. The highest BCUT2D eigenvalue weighted by molar-refractivity contribution is 5.74. The van der Waals surface area contributed by atoms with E-state index in [0.717, 1.165) is 33.4 Å². The molecule has 0 aliphatic rings. The minimum absolute atomic E-state index is 0.115. The minimum Gasteiger partial charge on any atom is -0.364 e. The first kappa shape index (κ1) is 25.9. The summed E-state index contributed by atoms with van der Waals surface area (Å²) < 4.78 is 6.55. The van der Waals surface area contributed by atoms with E-state index >= 15 is 0 Å². The second-order valence-electron chi connectivity index (χ2n) is 9.75. The summed E-state index contributed by atoms with van der Waals surface area (Å²) in [6, 6.07) is 25.2. The molecule has 0 aliphatic carbocycles. The fraction of sp³-hybridized carbons (Fsp3) is 0.242. The summed E-state index contributed by atoms with van der Waals surface area (Å²) in [4.78, 5) is 0. The lowest BCUT2D eigenvalue weighted by Crippen LogP contribution is -2.11. The van der Waals surface area contributed by atoms with Gasteiger partial charge in [-0.15, -0.1) is 0 Å². The SMILES string of the molecule is C=C/C=C\C(=C/C)C(OCc1ccc(C(C)(C)C)cc1)c1ccc(C#N)c(-c2ccccc2C)c1. The molecule has 3 aromatic rings. The quantitative estimate of drug-likeness (QED) is 0.314. The van der Waals surface area contributed by atoms with Gasteiger partial charge in [0, 0.05) is 5.56 Å². The predicted molar refractivity (Wildman–Crippen MR) is 147 cm³/mol. The monoisotopic (exact) mass is 461 g/mol. The largest absolute Gasteiger partial charge is 0.364 e. The van der Waals surface area contributed by atoms with Crippen LogP contribution in [0.5, 0.6) is 0 Å². The second-order valence-corrected chi connectivity index (χ2v) is 9.75. The average molecular weight is 462 g/mol. The molecule has 0 bridgehead atoms. The molecule has 0 amide bonds. The number of ether oxygens (including phenoxy) is 1. The molecule has 0 heterocycles. The summed E-state index contributed by atoms with van der Waals surface area (Å²) in [7, 11) is 0. The van der Waals surface area contributed by atoms with E-state index in [1.807, 2.05) is 43.3 Å². The molecule has 0 N–H and O–H groups in total. The summed E-state index contributed by atoms with van der Waals surface area (Å²) in [5.74, 6) is 0. The van der Waals surface area contributed by atoms with Crippen molar-refractivity contribution in [1.82, 2.24) is 0 Å². The molecule has 1 atom stereocenters. The lowest BCUT2D eigenvalue weighted by molar-refractivity contribution is 0.0662. The molecule has 3 aromatic carbocycles. The van der Waals surface area contributed by atoms with Crippen molar-refractivity contribution in [2.24, 2.45) is 0 Å². The van der Waals surface area contributed by atoms with E-state index in [1.54, 1.807) is 6.08 Å². The zero-order valence-electron chi connectivity index (χ0n) is 21.5. The third-order valence-corrected chi connectivity index (χ3v) is 6.20. The molecule has 178 valence electrons. The summed E-state index contributed by atoms with van der Waals surface area (Å²) in [5.41, 5.74) is 8.37. The molecule has 0 fully saturated rings. The van der Waals surface area contributed by atoms with Crippen molar-refractivity contribution in [2.75, 3.05) is 0 Å². The smallest absolute Gasteiger partial charge is 0.108 e. The van der Waals surface area contributed by atoms with Gasteiger partial charge in [-0.25, -0.2) is 0 Å². The van der Waals surface area contributed by atoms with E-state index in [4.69, 9.17) is 4.74 Å². The Balaban J connectivity index is 2.01. The molecule has 3 rings (SSSR count). The molecule has 2 heteroatoms. The van der Waals surface area contributed by atoms with E-state index in [-0.39, 0.29) is 11.5 Å². The Hall–Kier alpha value is -3.67. The van der Waals surface area contributed by atoms with Crippen LogP contribution in [0, 0.1) is 18.3 Å². The average Bonchev–Trinajstić information content (AvgIpc) is 2.85. The first-order valence-corrected chi connectivity index (χ1v) is 12.0. The van der Waals surface area contributed by atoms with Crippen LogP contribution < -0.4 is 0 Å². The van der Waals surface area contributed by atoms with E-state index in [9.17, 15) is 5.26 Å². The Morgan fingerprint density at radius 2 is 1.74 bits per heavy atom. The second kappa shape index (κ2) is 11.6. The Morgan fingerprint density at radius 3 is 2.34 bits per heavy atom. The topological polar surface area (TPSA) is 33.0 Å². The number of aryl methyl sites for hydroxylation is 1. The van der Waals surface area contributed by atoms with E-state index in [2.05, 4.69) is 88.9 Å². The number of allylic oxidation sites excluding steroid dienone is 3. The van der Waals surface area contributed by atoms with Crippen LogP contribution in [0.2, 0.25) is 0 Å². The van der Waals surface area contributed by atoms with Crippen molar-refractivity contribution in [3.8, 4) is 17.2 Å². The highest BCUT2D eigenvalue weighted by Gasteiger charge is 2.19. The maximum atomic E-state index is 9.79.